The van der Waals surface area contributed by atoms with E-state index in [0.717, 1.165) is 11.5 Å². The predicted molar refractivity (Wildman–Crippen MR) is 55.0 cm³/mol. The third-order valence-electron chi connectivity index (χ3n) is 1.69. The van der Waals surface area contributed by atoms with Gasteiger partial charge in [0.05, 0.1) is 13.2 Å². The number of methoxy groups -OCH3 is 1. The third-order valence-corrected chi connectivity index (χ3v) is 1.69. The molecule has 0 radical (unpaired) electrons. The molecule has 3 nitrogen and oxygen atoms in total. The highest BCUT2D eigenvalue weighted by atomic mass is 16.5. The van der Waals surface area contributed by atoms with Crippen molar-refractivity contribution in [1.82, 2.24) is 0 Å². The van der Waals surface area contributed by atoms with Gasteiger partial charge < -0.3 is 14.2 Å². The van der Waals surface area contributed by atoms with Gasteiger partial charge in [-0.05, 0) is 19.1 Å². The molecule has 1 aromatic rings. The predicted octanol–water partition coefficient (Wildman–Crippen LogP) is 2.11. The lowest BCUT2D eigenvalue weighted by molar-refractivity contribution is 0.143. The minimum Gasteiger partial charge on any atom is -0.490 e. The van der Waals surface area contributed by atoms with E-state index in [1.807, 2.05) is 31.2 Å². The van der Waals surface area contributed by atoms with Gasteiger partial charge in [-0.25, -0.2) is 0 Å². The van der Waals surface area contributed by atoms with Gasteiger partial charge in [-0.15, -0.1) is 0 Å². The van der Waals surface area contributed by atoms with Crippen molar-refractivity contribution in [1.29, 1.82) is 0 Å². The van der Waals surface area contributed by atoms with Crippen molar-refractivity contribution in [2.45, 2.75) is 6.92 Å². The molecule has 0 aliphatic rings. The van der Waals surface area contributed by atoms with Crippen molar-refractivity contribution in [3.8, 4) is 11.5 Å². The van der Waals surface area contributed by atoms with Crippen molar-refractivity contribution in [2.75, 3.05) is 26.9 Å². The molecule has 0 bridgehead atoms. The fourth-order valence-electron chi connectivity index (χ4n) is 1.08. The molecule has 0 aliphatic carbocycles. The van der Waals surface area contributed by atoms with Gasteiger partial charge in [0.15, 0.2) is 11.5 Å². The number of hydrogen-bond acceptors (Lipinski definition) is 3. The Kier molecular flexibility index (Phi) is 4.86. The monoisotopic (exact) mass is 196 g/mol. The smallest absolute Gasteiger partial charge is 0.161 e. The van der Waals surface area contributed by atoms with Crippen LogP contribution in [0.15, 0.2) is 24.3 Å². The Morgan fingerprint density at radius 2 is 1.64 bits per heavy atom. The summed E-state index contributed by atoms with van der Waals surface area (Å²) in [6.45, 7) is 3.72. The molecule has 78 valence electrons. The van der Waals surface area contributed by atoms with Crippen LogP contribution in [0.3, 0.4) is 0 Å². The number of hydrogen-bond donors (Lipinski definition) is 0. The summed E-state index contributed by atoms with van der Waals surface area (Å²) in [5, 5.41) is 0. The van der Waals surface area contributed by atoms with Crippen LogP contribution in [0.2, 0.25) is 0 Å². The lowest BCUT2D eigenvalue weighted by Crippen LogP contribution is -2.05. The molecule has 0 saturated heterocycles. The summed E-state index contributed by atoms with van der Waals surface area (Å²) in [6, 6.07) is 7.63. The van der Waals surface area contributed by atoms with Gasteiger partial charge >= 0.3 is 0 Å². The molecule has 1 rings (SSSR count). The van der Waals surface area contributed by atoms with E-state index in [-0.39, 0.29) is 0 Å². The summed E-state index contributed by atoms with van der Waals surface area (Å²) in [4.78, 5) is 0. The normalized spacial score (nSPS) is 9.86. The summed E-state index contributed by atoms with van der Waals surface area (Å²) in [5.41, 5.74) is 0. The summed E-state index contributed by atoms with van der Waals surface area (Å²) >= 11 is 0. The first-order valence-electron chi connectivity index (χ1n) is 4.72. The molecule has 0 N–H and O–H groups in total. The fourth-order valence-corrected chi connectivity index (χ4v) is 1.08. The second-order valence-corrected chi connectivity index (χ2v) is 2.72. The first kappa shape index (κ1) is 10.9. The van der Waals surface area contributed by atoms with Gasteiger partial charge in [-0.1, -0.05) is 12.1 Å². The summed E-state index contributed by atoms with van der Waals surface area (Å²) in [7, 11) is 1.65. The highest BCUT2D eigenvalue weighted by Gasteiger charge is 2.01. The second-order valence-electron chi connectivity index (χ2n) is 2.72. The largest absolute Gasteiger partial charge is 0.490 e. The minimum atomic E-state index is 0.542. The first-order valence-corrected chi connectivity index (χ1v) is 4.72. The Balaban J connectivity index is 2.55. The van der Waals surface area contributed by atoms with E-state index in [0.29, 0.717) is 19.8 Å². The van der Waals surface area contributed by atoms with Crippen molar-refractivity contribution in [3.63, 3.8) is 0 Å². The van der Waals surface area contributed by atoms with Gasteiger partial charge in [0.2, 0.25) is 0 Å². The average Bonchev–Trinajstić information content (AvgIpc) is 2.21. The summed E-state index contributed by atoms with van der Waals surface area (Å²) < 4.78 is 15.8. The Morgan fingerprint density at radius 1 is 1.00 bits per heavy atom. The maximum absolute atomic E-state index is 5.48. The Labute approximate surface area is 84.6 Å². The van der Waals surface area contributed by atoms with E-state index >= 15 is 0 Å². The van der Waals surface area contributed by atoms with Crippen LogP contribution in [0, 0.1) is 0 Å². The molecule has 0 amide bonds. The van der Waals surface area contributed by atoms with Crippen LogP contribution >= 0.6 is 0 Å². The third kappa shape index (κ3) is 3.26. The standard InChI is InChI=1S/C11H16O3/c1-3-13-10-6-4-5-7-11(10)14-9-8-12-2/h4-7H,3,8-9H2,1-2H3. The van der Waals surface area contributed by atoms with Crippen LogP contribution in [0.5, 0.6) is 11.5 Å². The van der Waals surface area contributed by atoms with E-state index in [1.165, 1.54) is 0 Å². The van der Waals surface area contributed by atoms with E-state index in [9.17, 15) is 0 Å². The second kappa shape index (κ2) is 6.27. The van der Waals surface area contributed by atoms with Gasteiger partial charge in [0.25, 0.3) is 0 Å². The topological polar surface area (TPSA) is 27.7 Å². The molecule has 14 heavy (non-hydrogen) atoms. The fraction of sp³-hybridized carbons (Fsp3) is 0.455. The van der Waals surface area contributed by atoms with Crippen LogP contribution in [0.25, 0.3) is 0 Å². The van der Waals surface area contributed by atoms with Crippen LogP contribution in [-0.2, 0) is 4.74 Å². The lowest BCUT2D eigenvalue weighted by Gasteiger charge is -2.10. The van der Waals surface area contributed by atoms with E-state index in [2.05, 4.69) is 0 Å². The molecule has 0 spiro atoms. The van der Waals surface area contributed by atoms with E-state index in [1.54, 1.807) is 7.11 Å². The highest BCUT2D eigenvalue weighted by molar-refractivity contribution is 5.39. The molecular formula is C11H16O3. The zero-order valence-corrected chi connectivity index (χ0v) is 8.66. The zero-order valence-electron chi connectivity index (χ0n) is 8.66. The van der Waals surface area contributed by atoms with E-state index < -0.39 is 0 Å². The van der Waals surface area contributed by atoms with Crippen LogP contribution < -0.4 is 9.47 Å². The molecule has 1 aromatic carbocycles. The molecule has 0 unspecified atom stereocenters. The number of para-hydroxylation sites is 2. The summed E-state index contributed by atoms with van der Waals surface area (Å²) in [6.07, 6.45) is 0. The van der Waals surface area contributed by atoms with Crippen molar-refractivity contribution >= 4 is 0 Å². The maximum Gasteiger partial charge on any atom is 0.161 e. The van der Waals surface area contributed by atoms with Gasteiger partial charge in [0.1, 0.15) is 6.61 Å². The Morgan fingerprint density at radius 3 is 2.21 bits per heavy atom. The first-order chi connectivity index (χ1) is 6.88. The molecular weight excluding hydrogens is 180 g/mol. The SMILES string of the molecule is CCOc1ccccc1OCCOC. The molecule has 0 fully saturated rings. The highest BCUT2D eigenvalue weighted by Crippen LogP contribution is 2.25. The van der Waals surface area contributed by atoms with Gasteiger partial charge in [-0.2, -0.15) is 0 Å². The van der Waals surface area contributed by atoms with Crippen LogP contribution in [0.4, 0.5) is 0 Å². The van der Waals surface area contributed by atoms with E-state index in [4.69, 9.17) is 14.2 Å². The summed E-state index contributed by atoms with van der Waals surface area (Å²) in [5.74, 6) is 1.55. The van der Waals surface area contributed by atoms with Crippen LogP contribution in [-0.4, -0.2) is 26.9 Å². The maximum atomic E-state index is 5.48. The van der Waals surface area contributed by atoms with Gasteiger partial charge in [0, 0.05) is 7.11 Å². The van der Waals surface area contributed by atoms with Crippen LogP contribution in [0.1, 0.15) is 6.92 Å². The molecule has 0 atom stereocenters. The van der Waals surface area contributed by atoms with Gasteiger partial charge in [-0.3, -0.25) is 0 Å². The quantitative estimate of drug-likeness (QED) is 0.652. The Hall–Kier alpha value is -1.22. The Bertz CT molecular complexity index is 260. The number of benzene rings is 1. The molecule has 0 saturated carbocycles. The molecule has 0 heterocycles. The zero-order chi connectivity index (χ0) is 10.2. The molecule has 3 heteroatoms. The number of ether oxygens (including phenoxy) is 3. The number of rotatable bonds is 6. The van der Waals surface area contributed by atoms with Crippen molar-refractivity contribution in [3.05, 3.63) is 24.3 Å². The molecule has 0 aliphatic heterocycles. The van der Waals surface area contributed by atoms with Crippen molar-refractivity contribution < 1.29 is 14.2 Å². The molecule has 0 aromatic heterocycles. The lowest BCUT2D eigenvalue weighted by atomic mass is 10.3. The van der Waals surface area contributed by atoms with Crippen molar-refractivity contribution in [2.24, 2.45) is 0 Å². The minimum absolute atomic E-state index is 0.542. The average molecular weight is 196 g/mol.